The Morgan fingerprint density at radius 2 is 1.96 bits per heavy atom. The molecule has 2 aliphatic heterocycles. The zero-order valence-electron chi connectivity index (χ0n) is 13.3. The molecule has 4 rings (SSSR count). The molecule has 120 valence electrons. The lowest BCUT2D eigenvalue weighted by Gasteiger charge is -2.21. The molecule has 2 atom stereocenters. The van der Waals surface area contributed by atoms with Gasteiger partial charge in [0, 0.05) is 69.8 Å². The molecule has 2 aromatic heterocycles. The van der Waals surface area contributed by atoms with Crippen LogP contribution < -0.4 is 0 Å². The lowest BCUT2D eigenvalue weighted by molar-refractivity contribution is -0.131. The van der Waals surface area contributed by atoms with Crippen molar-refractivity contribution in [3.05, 3.63) is 48.0 Å². The number of rotatable bonds is 4. The molecule has 23 heavy (non-hydrogen) atoms. The van der Waals surface area contributed by atoms with E-state index < -0.39 is 0 Å². The van der Waals surface area contributed by atoms with Gasteiger partial charge in [-0.3, -0.25) is 19.4 Å². The molecular formula is C17H21N5O. The van der Waals surface area contributed by atoms with Gasteiger partial charge in [0.25, 0.3) is 0 Å². The number of nitrogens with zero attached hydrogens (tertiary/aromatic N) is 5. The van der Waals surface area contributed by atoms with E-state index in [2.05, 4.69) is 15.0 Å². The third kappa shape index (κ3) is 2.86. The SMILES string of the molecule is Cn1cc(CN2C[C@H]3CN(Cc4ccncc4)C(=O)[C@H]3C2)cn1. The normalized spacial score (nSPS) is 24.4. The number of carbonyl (C=O) groups excluding carboxylic acids is 1. The van der Waals surface area contributed by atoms with E-state index >= 15 is 0 Å². The van der Waals surface area contributed by atoms with E-state index in [0.29, 0.717) is 18.4 Å². The summed E-state index contributed by atoms with van der Waals surface area (Å²) < 4.78 is 1.83. The van der Waals surface area contributed by atoms with Crippen molar-refractivity contribution in [3.8, 4) is 0 Å². The molecule has 0 spiro atoms. The van der Waals surface area contributed by atoms with Crippen molar-refractivity contribution in [3.63, 3.8) is 0 Å². The van der Waals surface area contributed by atoms with Gasteiger partial charge in [0.1, 0.15) is 0 Å². The number of hydrogen-bond acceptors (Lipinski definition) is 4. The Bertz CT molecular complexity index is 698. The Labute approximate surface area is 135 Å². The first-order valence-corrected chi connectivity index (χ1v) is 8.06. The second-order valence-corrected chi connectivity index (χ2v) is 6.66. The number of hydrogen-bond donors (Lipinski definition) is 0. The summed E-state index contributed by atoms with van der Waals surface area (Å²) >= 11 is 0. The largest absolute Gasteiger partial charge is 0.338 e. The van der Waals surface area contributed by atoms with Gasteiger partial charge in [-0.25, -0.2) is 0 Å². The molecule has 0 aliphatic carbocycles. The van der Waals surface area contributed by atoms with E-state index in [1.165, 1.54) is 5.56 Å². The average molecular weight is 311 g/mol. The van der Waals surface area contributed by atoms with Crippen molar-refractivity contribution in [1.29, 1.82) is 0 Å². The molecule has 2 fully saturated rings. The Balaban J connectivity index is 1.37. The molecule has 0 aromatic carbocycles. The van der Waals surface area contributed by atoms with Crippen LogP contribution in [-0.2, 0) is 24.9 Å². The molecule has 4 heterocycles. The molecule has 1 amide bonds. The van der Waals surface area contributed by atoms with Crippen molar-refractivity contribution in [1.82, 2.24) is 24.6 Å². The summed E-state index contributed by atoms with van der Waals surface area (Å²) in [6.07, 6.45) is 7.52. The van der Waals surface area contributed by atoms with Crippen LogP contribution in [0.25, 0.3) is 0 Å². The van der Waals surface area contributed by atoms with Crippen LogP contribution in [0.2, 0.25) is 0 Å². The van der Waals surface area contributed by atoms with E-state index in [4.69, 9.17) is 0 Å². The van der Waals surface area contributed by atoms with Crippen LogP contribution in [0.1, 0.15) is 11.1 Å². The third-order valence-electron chi connectivity index (χ3n) is 4.89. The van der Waals surface area contributed by atoms with E-state index in [0.717, 1.165) is 31.7 Å². The summed E-state index contributed by atoms with van der Waals surface area (Å²) in [5, 5.41) is 4.21. The molecule has 6 heteroatoms. The van der Waals surface area contributed by atoms with Crippen LogP contribution in [0.5, 0.6) is 0 Å². The molecule has 0 saturated carbocycles. The number of aromatic nitrogens is 3. The Morgan fingerprint density at radius 1 is 1.13 bits per heavy atom. The fourth-order valence-corrected chi connectivity index (χ4v) is 3.82. The summed E-state index contributed by atoms with van der Waals surface area (Å²) in [4.78, 5) is 21.1. The second kappa shape index (κ2) is 5.77. The summed E-state index contributed by atoms with van der Waals surface area (Å²) in [5.74, 6) is 0.926. The van der Waals surface area contributed by atoms with Crippen LogP contribution >= 0.6 is 0 Å². The number of aryl methyl sites for hydroxylation is 1. The molecule has 0 radical (unpaired) electrons. The first kappa shape index (κ1) is 14.4. The second-order valence-electron chi connectivity index (χ2n) is 6.66. The van der Waals surface area contributed by atoms with E-state index in [1.54, 1.807) is 12.4 Å². The average Bonchev–Trinajstić information content (AvgIpc) is 3.20. The summed E-state index contributed by atoms with van der Waals surface area (Å²) in [7, 11) is 1.93. The maximum Gasteiger partial charge on any atom is 0.227 e. The molecule has 2 aromatic rings. The predicted octanol–water partition coefficient (Wildman–Crippen LogP) is 0.905. The Hall–Kier alpha value is -2.21. The van der Waals surface area contributed by atoms with E-state index in [-0.39, 0.29) is 5.92 Å². The quantitative estimate of drug-likeness (QED) is 0.842. The fraction of sp³-hybridized carbons (Fsp3) is 0.471. The highest BCUT2D eigenvalue weighted by Crippen LogP contribution is 2.33. The fourth-order valence-electron chi connectivity index (χ4n) is 3.82. The Morgan fingerprint density at radius 3 is 2.65 bits per heavy atom. The van der Waals surface area contributed by atoms with Gasteiger partial charge in [0.05, 0.1) is 12.1 Å². The van der Waals surface area contributed by atoms with Crippen molar-refractivity contribution < 1.29 is 4.79 Å². The number of likely N-dealkylation sites (tertiary alicyclic amines) is 2. The monoisotopic (exact) mass is 311 g/mol. The van der Waals surface area contributed by atoms with E-state index in [1.807, 2.05) is 41.2 Å². The highest BCUT2D eigenvalue weighted by atomic mass is 16.2. The van der Waals surface area contributed by atoms with Crippen molar-refractivity contribution in [2.75, 3.05) is 19.6 Å². The minimum absolute atomic E-state index is 0.161. The lowest BCUT2D eigenvalue weighted by atomic mass is 10.0. The third-order valence-corrected chi connectivity index (χ3v) is 4.89. The van der Waals surface area contributed by atoms with Gasteiger partial charge in [0.15, 0.2) is 0 Å². The van der Waals surface area contributed by atoms with Gasteiger partial charge in [-0.15, -0.1) is 0 Å². The van der Waals surface area contributed by atoms with Gasteiger partial charge in [0.2, 0.25) is 5.91 Å². The molecule has 2 saturated heterocycles. The van der Waals surface area contributed by atoms with E-state index in [9.17, 15) is 4.79 Å². The summed E-state index contributed by atoms with van der Waals surface area (Å²) in [5.41, 5.74) is 2.37. The topological polar surface area (TPSA) is 54.3 Å². The highest BCUT2D eigenvalue weighted by molar-refractivity contribution is 5.82. The van der Waals surface area contributed by atoms with Crippen molar-refractivity contribution >= 4 is 5.91 Å². The minimum atomic E-state index is 0.161. The van der Waals surface area contributed by atoms with Crippen LogP contribution in [0, 0.1) is 11.8 Å². The van der Waals surface area contributed by atoms with Gasteiger partial charge >= 0.3 is 0 Å². The number of carbonyl (C=O) groups is 1. The lowest BCUT2D eigenvalue weighted by Crippen LogP contribution is -2.32. The van der Waals surface area contributed by atoms with Gasteiger partial charge < -0.3 is 4.90 Å². The van der Waals surface area contributed by atoms with Gasteiger partial charge in [-0.05, 0) is 17.7 Å². The minimum Gasteiger partial charge on any atom is -0.338 e. The smallest absolute Gasteiger partial charge is 0.227 e. The van der Waals surface area contributed by atoms with Crippen LogP contribution in [-0.4, -0.2) is 50.1 Å². The van der Waals surface area contributed by atoms with Crippen LogP contribution in [0.3, 0.4) is 0 Å². The summed E-state index contributed by atoms with van der Waals surface area (Å²) in [6.45, 7) is 4.33. The Kier molecular flexibility index (Phi) is 3.61. The number of fused-ring (bicyclic) bond motifs is 1. The number of amides is 1. The van der Waals surface area contributed by atoms with Crippen LogP contribution in [0.15, 0.2) is 36.9 Å². The molecular weight excluding hydrogens is 290 g/mol. The number of pyridine rings is 1. The van der Waals surface area contributed by atoms with Crippen molar-refractivity contribution in [2.24, 2.45) is 18.9 Å². The molecule has 0 unspecified atom stereocenters. The molecule has 6 nitrogen and oxygen atoms in total. The predicted molar refractivity (Wildman–Crippen MR) is 85.1 cm³/mol. The first-order valence-electron chi connectivity index (χ1n) is 8.06. The van der Waals surface area contributed by atoms with Crippen molar-refractivity contribution in [2.45, 2.75) is 13.1 Å². The zero-order chi connectivity index (χ0) is 15.8. The van der Waals surface area contributed by atoms with Gasteiger partial charge in [-0.1, -0.05) is 0 Å². The maximum atomic E-state index is 12.7. The molecule has 2 aliphatic rings. The van der Waals surface area contributed by atoms with Crippen LogP contribution in [0.4, 0.5) is 0 Å². The summed E-state index contributed by atoms with van der Waals surface area (Å²) in [6, 6.07) is 3.96. The highest BCUT2D eigenvalue weighted by Gasteiger charge is 2.45. The molecule has 0 bridgehead atoms. The molecule has 0 N–H and O–H groups in total. The van der Waals surface area contributed by atoms with Gasteiger partial charge in [-0.2, -0.15) is 5.10 Å². The zero-order valence-corrected chi connectivity index (χ0v) is 13.3. The standard InChI is InChI=1S/C17H21N5O/c1-20-7-14(6-19-20)8-21-10-15-11-22(17(23)16(15)12-21)9-13-2-4-18-5-3-13/h2-7,15-16H,8-12H2,1H3/t15-,16-/m0/s1. The first-order chi connectivity index (χ1) is 11.2. The maximum absolute atomic E-state index is 12.7.